The number of benzene rings is 2. The first-order valence-corrected chi connectivity index (χ1v) is 9.53. The van der Waals surface area contributed by atoms with Gasteiger partial charge in [0.15, 0.2) is 5.82 Å². The van der Waals surface area contributed by atoms with Crippen LogP contribution in [0.15, 0.2) is 59.1 Å². The first-order valence-electron chi connectivity index (χ1n) is 9.53. The Morgan fingerprint density at radius 3 is 2.72 bits per heavy atom. The number of aromatic amines is 1. The summed E-state index contributed by atoms with van der Waals surface area (Å²) in [7, 11) is 0. The highest BCUT2D eigenvalue weighted by Gasteiger charge is 2.27. The molecule has 1 amide bonds. The Morgan fingerprint density at radius 1 is 1.10 bits per heavy atom. The van der Waals surface area contributed by atoms with E-state index in [1.165, 1.54) is 0 Å². The number of amides is 1. The van der Waals surface area contributed by atoms with E-state index in [2.05, 4.69) is 25.7 Å². The number of rotatable bonds is 5. The monoisotopic (exact) mass is 385 g/mol. The van der Waals surface area contributed by atoms with Crippen LogP contribution in [0.4, 0.5) is 5.69 Å². The number of aromatic nitrogens is 4. The minimum atomic E-state index is -0.360. The molecule has 5 rings (SSSR count). The number of nitrogens with one attached hydrogen (secondary N) is 2. The van der Waals surface area contributed by atoms with Crippen molar-refractivity contribution in [2.24, 2.45) is 0 Å². The normalized spacial score (nSPS) is 13.4. The van der Waals surface area contributed by atoms with Gasteiger partial charge in [-0.2, -0.15) is 5.10 Å². The van der Waals surface area contributed by atoms with Gasteiger partial charge in [-0.05, 0) is 31.9 Å². The van der Waals surface area contributed by atoms with E-state index in [-0.39, 0.29) is 11.7 Å². The van der Waals surface area contributed by atoms with Gasteiger partial charge in [0, 0.05) is 28.8 Å². The molecule has 7 nitrogen and oxygen atoms in total. The van der Waals surface area contributed by atoms with Crippen LogP contribution in [0, 0.1) is 6.92 Å². The van der Waals surface area contributed by atoms with Gasteiger partial charge in [-0.25, -0.2) is 4.98 Å². The van der Waals surface area contributed by atoms with Gasteiger partial charge in [-0.15, -0.1) is 0 Å². The number of aryl methyl sites for hydroxylation is 1. The second-order valence-electron chi connectivity index (χ2n) is 7.30. The summed E-state index contributed by atoms with van der Waals surface area (Å²) in [5.41, 5.74) is 4.15. The Kier molecular flexibility index (Phi) is 4.20. The van der Waals surface area contributed by atoms with Gasteiger partial charge in [0.2, 0.25) is 5.76 Å². The maximum atomic E-state index is 12.6. The largest absolute Gasteiger partial charge is 0.350 e. The van der Waals surface area contributed by atoms with Crippen LogP contribution >= 0.6 is 0 Å². The molecule has 4 aromatic rings. The van der Waals surface area contributed by atoms with E-state index in [4.69, 9.17) is 4.52 Å². The van der Waals surface area contributed by atoms with Gasteiger partial charge in [0.1, 0.15) is 11.5 Å². The molecule has 0 atom stereocenters. The molecule has 0 radical (unpaired) electrons. The van der Waals surface area contributed by atoms with Crippen LogP contribution in [-0.4, -0.2) is 26.2 Å². The lowest BCUT2D eigenvalue weighted by atomic mass is 10.1. The van der Waals surface area contributed by atoms with Crippen molar-refractivity contribution in [2.45, 2.75) is 25.7 Å². The molecule has 144 valence electrons. The maximum Gasteiger partial charge on any atom is 0.294 e. The molecule has 0 saturated heterocycles. The van der Waals surface area contributed by atoms with Crippen molar-refractivity contribution in [2.75, 3.05) is 5.32 Å². The van der Waals surface area contributed by atoms with Gasteiger partial charge >= 0.3 is 0 Å². The maximum absolute atomic E-state index is 12.6. The number of carbonyl (C=O) groups is 1. The molecule has 2 heterocycles. The van der Waals surface area contributed by atoms with E-state index in [9.17, 15) is 4.79 Å². The van der Waals surface area contributed by atoms with Crippen LogP contribution in [-0.2, 0) is 0 Å². The standard InChI is InChI=1S/C22H19N5O2/c1-13-5-7-14(8-6-13)18-12-19(29-27-18)22(28)23-17-4-2-3-16(11-17)21-24-20(25-26-21)15-9-10-15/h2-8,11-12,15H,9-10H2,1H3,(H,23,28)(H,24,25,26). The van der Waals surface area contributed by atoms with Crippen molar-refractivity contribution in [3.63, 3.8) is 0 Å². The van der Waals surface area contributed by atoms with E-state index in [1.54, 1.807) is 6.07 Å². The van der Waals surface area contributed by atoms with Gasteiger partial charge in [-0.3, -0.25) is 9.89 Å². The average molecular weight is 385 g/mol. The molecule has 1 aliphatic carbocycles. The van der Waals surface area contributed by atoms with Crippen LogP contribution in [0.2, 0.25) is 0 Å². The fraction of sp³-hybridized carbons (Fsp3) is 0.182. The molecule has 0 bridgehead atoms. The van der Waals surface area contributed by atoms with Gasteiger partial charge in [0.05, 0.1) is 0 Å². The van der Waals surface area contributed by atoms with Crippen molar-refractivity contribution >= 4 is 11.6 Å². The van der Waals surface area contributed by atoms with Crippen molar-refractivity contribution in [1.82, 2.24) is 20.3 Å². The number of anilines is 1. The van der Waals surface area contributed by atoms with Crippen LogP contribution in [0.1, 0.15) is 40.7 Å². The topological polar surface area (TPSA) is 96.7 Å². The summed E-state index contributed by atoms with van der Waals surface area (Å²) in [5, 5.41) is 14.1. The molecule has 1 fully saturated rings. The minimum absolute atomic E-state index is 0.153. The molecule has 2 aromatic heterocycles. The summed E-state index contributed by atoms with van der Waals surface area (Å²) < 4.78 is 5.24. The predicted molar refractivity (Wildman–Crippen MR) is 108 cm³/mol. The Bertz CT molecular complexity index is 1170. The van der Waals surface area contributed by atoms with Crippen LogP contribution in [0.5, 0.6) is 0 Å². The molecule has 1 saturated carbocycles. The summed E-state index contributed by atoms with van der Waals surface area (Å²) in [5.74, 6) is 1.86. The minimum Gasteiger partial charge on any atom is -0.350 e. The van der Waals surface area contributed by atoms with Gasteiger partial charge in [-0.1, -0.05) is 47.1 Å². The molecule has 0 spiro atoms. The Hall–Kier alpha value is -3.74. The first kappa shape index (κ1) is 17.4. The molecule has 7 heteroatoms. The van der Waals surface area contributed by atoms with Gasteiger partial charge in [0.25, 0.3) is 5.91 Å². The van der Waals surface area contributed by atoms with Crippen LogP contribution < -0.4 is 5.32 Å². The second-order valence-corrected chi connectivity index (χ2v) is 7.30. The zero-order valence-corrected chi connectivity index (χ0v) is 15.8. The van der Waals surface area contributed by atoms with Crippen molar-refractivity contribution in [1.29, 1.82) is 0 Å². The SMILES string of the molecule is Cc1ccc(-c2cc(C(=O)Nc3cccc(-c4n[nH]c(C5CC5)n4)c3)on2)cc1. The number of hydrogen-bond acceptors (Lipinski definition) is 5. The molecule has 0 unspecified atom stereocenters. The molecule has 1 aliphatic rings. The third-order valence-corrected chi connectivity index (χ3v) is 4.93. The Morgan fingerprint density at radius 2 is 1.93 bits per heavy atom. The quantitative estimate of drug-likeness (QED) is 0.525. The molecular weight excluding hydrogens is 366 g/mol. The lowest BCUT2D eigenvalue weighted by molar-refractivity contribution is 0.0988. The van der Waals surface area contributed by atoms with E-state index < -0.39 is 0 Å². The molecule has 0 aliphatic heterocycles. The van der Waals surface area contributed by atoms with E-state index >= 15 is 0 Å². The third-order valence-electron chi connectivity index (χ3n) is 4.93. The highest BCUT2D eigenvalue weighted by atomic mass is 16.5. The number of H-pyrrole nitrogens is 1. The fourth-order valence-corrected chi connectivity index (χ4v) is 3.11. The predicted octanol–water partition coefficient (Wildman–Crippen LogP) is 4.56. The number of hydrogen-bond donors (Lipinski definition) is 2. The van der Waals surface area contributed by atoms with Gasteiger partial charge < -0.3 is 9.84 Å². The summed E-state index contributed by atoms with van der Waals surface area (Å²) in [6.07, 6.45) is 2.32. The molecule has 2 aromatic carbocycles. The fourth-order valence-electron chi connectivity index (χ4n) is 3.11. The van der Waals surface area contributed by atoms with Crippen molar-refractivity contribution in [3.8, 4) is 22.6 Å². The lowest BCUT2D eigenvalue weighted by Gasteiger charge is -2.04. The lowest BCUT2D eigenvalue weighted by Crippen LogP contribution is -2.10. The van der Waals surface area contributed by atoms with Crippen molar-refractivity contribution < 1.29 is 9.32 Å². The van der Waals surface area contributed by atoms with Crippen molar-refractivity contribution in [3.05, 3.63) is 71.7 Å². The molecule has 29 heavy (non-hydrogen) atoms. The molecular formula is C22H19N5O2. The van der Waals surface area contributed by atoms with E-state index in [0.717, 1.165) is 35.4 Å². The highest BCUT2D eigenvalue weighted by molar-refractivity contribution is 6.03. The molecule has 2 N–H and O–H groups in total. The summed E-state index contributed by atoms with van der Waals surface area (Å²) in [6.45, 7) is 2.02. The second kappa shape index (κ2) is 7.01. The Balaban J connectivity index is 1.32. The first-order chi connectivity index (χ1) is 14.2. The zero-order chi connectivity index (χ0) is 19.8. The summed E-state index contributed by atoms with van der Waals surface area (Å²) in [4.78, 5) is 17.1. The zero-order valence-electron chi connectivity index (χ0n) is 15.8. The average Bonchev–Trinajstić information content (AvgIpc) is 3.26. The summed E-state index contributed by atoms with van der Waals surface area (Å²) >= 11 is 0. The smallest absolute Gasteiger partial charge is 0.294 e. The van der Waals surface area contributed by atoms with E-state index in [0.29, 0.717) is 23.1 Å². The summed E-state index contributed by atoms with van der Waals surface area (Å²) in [6, 6.07) is 17.0. The van der Waals surface area contributed by atoms with E-state index in [1.807, 2.05) is 55.5 Å². The van der Waals surface area contributed by atoms with Crippen LogP contribution in [0.3, 0.4) is 0 Å². The third kappa shape index (κ3) is 3.67. The highest BCUT2D eigenvalue weighted by Crippen LogP contribution is 2.38. The Labute approximate surface area is 167 Å². The van der Waals surface area contributed by atoms with Crippen LogP contribution in [0.25, 0.3) is 22.6 Å². The number of carbonyl (C=O) groups excluding carboxylic acids is 1. The number of nitrogens with zero attached hydrogens (tertiary/aromatic N) is 3.